The number of nitrogens with two attached hydrogens (primary N) is 1. The quantitative estimate of drug-likeness (QED) is 0.371. The topological polar surface area (TPSA) is 119 Å². The van der Waals surface area contributed by atoms with Crippen molar-refractivity contribution in [3.63, 3.8) is 0 Å². The highest BCUT2D eigenvalue weighted by atomic mass is 32.1. The lowest BCUT2D eigenvalue weighted by molar-refractivity contribution is -0.145. The summed E-state index contributed by atoms with van der Waals surface area (Å²) < 4.78 is 10.1. The Morgan fingerprint density at radius 3 is 2.70 bits per heavy atom. The van der Waals surface area contributed by atoms with Crippen molar-refractivity contribution in [1.29, 1.82) is 0 Å². The summed E-state index contributed by atoms with van der Waals surface area (Å²) in [6, 6.07) is 9.09. The van der Waals surface area contributed by atoms with Crippen LogP contribution >= 0.6 is 12.2 Å². The van der Waals surface area contributed by atoms with Crippen LogP contribution in [0.2, 0.25) is 0 Å². The average molecular weight is 428 g/mol. The normalized spacial score (nSPS) is 12.4. The van der Waals surface area contributed by atoms with Gasteiger partial charge in [-0.2, -0.15) is 0 Å². The van der Waals surface area contributed by atoms with Crippen molar-refractivity contribution in [3.05, 3.63) is 58.7 Å². The first-order valence-electron chi connectivity index (χ1n) is 9.16. The largest absolute Gasteiger partial charge is 0.507 e. The zero-order chi connectivity index (χ0) is 21.8. The van der Waals surface area contributed by atoms with Gasteiger partial charge in [0.25, 0.3) is 5.91 Å². The summed E-state index contributed by atoms with van der Waals surface area (Å²) in [5.41, 5.74) is 7.49. The van der Waals surface area contributed by atoms with Gasteiger partial charge in [0.2, 0.25) is 0 Å². The van der Waals surface area contributed by atoms with Gasteiger partial charge >= 0.3 is 5.97 Å². The van der Waals surface area contributed by atoms with E-state index in [4.69, 9.17) is 27.4 Å². The number of Topliss-reactive ketones (excluding diaryl/α,β-unsaturated/α-hetero) is 1. The van der Waals surface area contributed by atoms with Crippen molar-refractivity contribution in [3.8, 4) is 11.5 Å². The Hall–Kier alpha value is -3.46. The Bertz CT molecular complexity index is 1040. The number of fused-ring (bicyclic) bond motifs is 1. The van der Waals surface area contributed by atoms with Gasteiger partial charge in [-0.3, -0.25) is 9.59 Å². The van der Waals surface area contributed by atoms with Gasteiger partial charge in [-0.1, -0.05) is 18.3 Å². The first-order chi connectivity index (χ1) is 14.3. The number of ether oxygens (including phenoxy) is 2. The first-order valence-corrected chi connectivity index (χ1v) is 9.57. The highest BCUT2D eigenvalue weighted by molar-refractivity contribution is 7.80. The van der Waals surface area contributed by atoms with E-state index in [1.165, 1.54) is 23.1 Å². The second-order valence-corrected chi connectivity index (χ2v) is 7.03. The maximum Gasteiger partial charge on any atom is 0.344 e. The number of phenols is 1. The Labute approximate surface area is 178 Å². The molecule has 1 heterocycles. The molecule has 3 rings (SSSR count). The molecule has 0 radical (unpaired) electrons. The number of hydrogen-bond acceptors (Lipinski definition) is 7. The summed E-state index contributed by atoms with van der Waals surface area (Å²) in [6.45, 7) is 1.59. The van der Waals surface area contributed by atoms with E-state index in [2.05, 4.69) is 0 Å². The van der Waals surface area contributed by atoms with Crippen molar-refractivity contribution >= 4 is 34.9 Å². The van der Waals surface area contributed by atoms with Crippen molar-refractivity contribution in [2.45, 2.75) is 13.5 Å². The lowest BCUT2D eigenvalue weighted by Gasteiger charge is -2.15. The fourth-order valence-electron chi connectivity index (χ4n) is 3.09. The molecule has 0 spiro atoms. The minimum Gasteiger partial charge on any atom is -0.507 e. The Morgan fingerprint density at radius 2 is 2.00 bits per heavy atom. The van der Waals surface area contributed by atoms with Crippen molar-refractivity contribution in [2.75, 3.05) is 19.8 Å². The first kappa shape index (κ1) is 21.3. The molecular formula is C21H20N2O6S. The Morgan fingerprint density at radius 1 is 1.23 bits per heavy atom. The molecule has 0 unspecified atom stereocenters. The van der Waals surface area contributed by atoms with Crippen LogP contribution in [0.3, 0.4) is 0 Å². The molecule has 0 fully saturated rings. The van der Waals surface area contributed by atoms with E-state index >= 15 is 0 Å². The number of rotatable bonds is 8. The Kier molecular flexibility index (Phi) is 6.31. The zero-order valence-corrected chi connectivity index (χ0v) is 17.0. The molecule has 8 nitrogen and oxygen atoms in total. The monoisotopic (exact) mass is 428 g/mol. The maximum absolute atomic E-state index is 12.7. The van der Waals surface area contributed by atoms with Gasteiger partial charge in [-0.15, -0.1) is 0 Å². The van der Waals surface area contributed by atoms with Crippen LogP contribution in [-0.4, -0.2) is 52.4 Å². The van der Waals surface area contributed by atoms with Crippen molar-refractivity contribution in [1.82, 2.24) is 4.90 Å². The van der Waals surface area contributed by atoms with Crippen LogP contribution in [-0.2, 0) is 16.1 Å². The lowest BCUT2D eigenvalue weighted by atomic mass is 10.1. The molecule has 1 aliphatic heterocycles. The van der Waals surface area contributed by atoms with Gasteiger partial charge in [0.15, 0.2) is 12.4 Å². The van der Waals surface area contributed by atoms with Crippen LogP contribution in [0.5, 0.6) is 11.5 Å². The molecule has 0 saturated carbocycles. The highest BCUT2D eigenvalue weighted by Crippen LogP contribution is 2.27. The van der Waals surface area contributed by atoms with Crippen LogP contribution in [0, 0.1) is 0 Å². The molecule has 0 atom stereocenters. The molecule has 2 aromatic rings. The van der Waals surface area contributed by atoms with E-state index in [1.807, 2.05) is 0 Å². The van der Waals surface area contributed by atoms with E-state index in [0.29, 0.717) is 11.1 Å². The molecule has 0 saturated heterocycles. The van der Waals surface area contributed by atoms with Crippen LogP contribution in [0.25, 0.3) is 0 Å². The summed E-state index contributed by atoms with van der Waals surface area (Å²) in [5.74, 6) is -1.33. The fourth-order valence-corrected chi connectivity index (χ4v) is 3.22. The third-order valence-corrected chi connectivity index (χ3v) is 4.77. The smallest absolute Gasteiger partial charge is 0.344 e. The molecule has 0 aliphatic carbocycles. The number of carbonyl (C=O) groups is 3. The number of ketones is 1. The predicted molar refractivity (Wildman–Crippen MR) is 112 cm³/mol. The second kappa shape index (κ2) is 8.91. The third-order valence-electron chi connectivity index (χ3n) is 4.53. The third kappa shape index (κ3) is 4.57. The number of benzene rings is 2. The second-order valence-electron chi connectivity index (χ2n) is 6.59. The number of thiocarbonyl (C=S) groups is 1. The minimum atomic E-state index is -0.546. The van der Waals surface area contributed by atoms with Crippen LogP contribution < -0.4 is 10.5 Å². The molecule has 156 valence electrons. The maximum atomic E-state index is 12.7. The van der Waals surface area contributed by atoms with Gasteiger partial charge in [0, 0.05) is 17.7 Å². The molecule has 3 N–H and O–H groups in total. The van der Waals surface area contributed by atoms with Gasteiger partial charge in [-0.25, -0.2) is 4.79 Å². The minimum absolute atomic E-state index is 0.0102. The van der Waals surface area contributed by atoms with Gasteiger partial charge < -0.3 is 25.2 Å². The average Bonchev–Trinajstić information content (AvgIpc) is 3.02. The molecular weight excluding hydrogens is 408 g/mol. The summed E-state index contributed by atoms with van der Waals surface area (Å²) in [4.78, 5) is 38.4. The molecule has 2 aromatic carbocycles. The standard InChI is InChI=1S/C21H20N2O6S/c1-2-28-19(26)11-29-14-4-6-17(24)16(8-14)18(25)10-23-9-13-7-12(20(22)30)3-5-15(13)21(23)27/h3-8,24H,2,9-11H2,1H3,(H2,22,30). The van der Waals surface area contributed by atoms with Crippen molar-refractivity contribution < 1.29 is 29.0 Å². The summed E-state index contributed by atoms with van der Waals surface area (Å²) in [6.07, 6.45) is 0. The SMILES string of the molecule is CCOC(=O)COc1ccc(O)c(C(=O)CN2Cc3cc(C(N)=S)ccc3C2=O)c1. The van der Waals surface area contributed by atoms with E-state index in [1.54, 1.807) is 25.1 Å². The van der Waals surface area contributed by atoms with Crippen molar-refractivity contribution in [2.24, 2.45) is 5.73 Å². The number of phenolic OH excluding ortho intramolecular Hbond substituents is 1. The van der Waals surface area contributed by atoms with Gasteiger partial charge in [-0.05, 0) is 42.8 Å². The number of amides is 1. The van der Waals surface area contributed by atoms with Gasteiger partial charge in [0.1, 0.15) is 16.5 Å². The summed E-state index contributed by atoms with van der Waals surface area (Å²) >= 11 is 4.96. The van der Waals surface area contributed by atoms with Crippen LogP contribution in [0.4, 0.5) is 0 Å². The number of aromatic hydroxyl groups is 1. The van der Waals surface area contributed by atoms with Gasteiger partial charge in [0.05, 0.1) is 18.7 Å². The van der Waals surface area contributed by atoms with Crippen LogP contribution in [0.15, 0.2) is 36.4 Å². The number of hydrogen-bond donors (Lipinski definition) is 2. The fraction of sp³-hybridized carbons (Fsp3) is 0.238. The molecule has 9 heteroatoms. The number of carbonyl (C=O) groups excluding carboxylic acids is 3. The van der Waals surface area contributed by atoms with Crippen LogP contribution in [0.1, 0.15) is 38.8 Å². The molecule has 30 heavy (non-hydrogen) atoms. The van der Waals surface area contributed by atoms with E-state index in [0.717, 1.165) is 5.56 Å². The van der Waals surface area contributed by atoms with E-state index in [9.17, 15) is 19.5 Å². The molecule has 1 aliphatic rings. The molecule has 1 amide bonds. The summed E-state index contributed by atoms with van der Waals surface area (Å²) in [5, 5.41) is 10.1. The summed E-state index contributed by atoms with van der Waals surface area (Å²) in [7, 11) is 0. The van der Waals surface area contributed by atoms with E-state index < -0.39 is 11.8 Å². The number of esters is 1. The molecule has 0 bridgehead atoms. The highest BCUT2D eigenvalue weighted by Gasteiger charge is 2.30. The Balaban J connectivity index is 1.71. The van der Waals surface area contributed by atoms with E-state index in [-0.39, 0.29) is 54.3 Å². The molecule has 0 aromatic heterocycles. The predicted octanol–water partition coefficient (Wildman–Crippen LogP) is 1.81. The zero-order valence-electron chi connectivity index (χ0n) is 16.2. The lowest BCUT2D eigenvalue weighted by Crippen LogP contribution is -2.30. The number of nitrogens with zero attached hydrogens (tertiary/aromatic N) is 1.